The van der Waals surface area contributed by atoms with Gasteiger partial charge in [-0.05, 0) is 30.8 Å². The predicted octanol–water partition coefficient (Wildman–Crippen LogP) is 5.93. The number of allylic oxidation sites excluding steroid dienone is 1. The van der Waals surface area contributed by atoms with E-state index in [0.29, 0.717) is 6.42 Å². The van der Waals surface area contributed by atoms with Crippen LogP contribution in [0.25, 0.3) is 0 Å². The van der Waals surface area contributed by atoms with Crippen LogP contribution in [0.5, 0.6) is 0 Å². The zero-order chi connectivity index (χ0) is 12.4. The van der Waals surface area contributed by atoms with Crippen LogP contribution in [0, 0.1) is 5.41 Å². The molecule has 0 aromatic carbocycles. The maximum absolute atomic E-state index is 11.9. The highest BCUT2D eigenvalue weighted by Gasteiger charge is 2.20. The maximum Gasteiger partial charge on any atom is 0.266 e. The summed E-state index contributed by atoms with van der Waals surface area (Å²) in [4.78, 5) is 0. The van der Waals surface area contributed by atoms with Crippen molar-refractivity contribution in [3.05, 3.63) is 12.2 Å². The monoisotopic (exact) mass is 232 g/mol. The highest BCUT2D eigenvalue weighted by molar-refractivity contribution is 4.84. The van der Waals surface area contributed by atoms with Crippen LogP contribution in [0.3, 0.4) is 0 Å². The minimum absolute atomic E-state index is 0.250. The van der Waals surface area contributed by atoms with Crippen molar-refractivity contribution in [2.45, 2.75) is 72.1 Å². The van der Waals surface area contributed by atoms with Gasteiger partial charge in [-0.1, -0.05) is 52.9 Å². The summed E-state index contributed by atoms with van der Waals surface area (Å²) in [5, 5.41) is 0. The van der Waals surface area contributed by atoms with Crippen molar-refractivity contribution in [2.24, 2.45) is 5.41 Å². The van der Waals surface area contributed by atoms with Gasteiger partial charge >= 0.3 is 0 Å². The molecule has 0 spiro atoms. The Labute approximate surface area is 99.1 Å². The van der Waals surface area contributed by atoms with E-state index in [1.807, 2.05) is 0 Å². The largest absolute Gasteiger partial charge is 0.266 e. The molecule has 0 N–H and O–H groups in total. The second-order valence-corrected chi connectivity index (χ2v) is 5.01. The van der Waals surface area contributed by atoms with Gasteiger partial charge in [0.2, 0.25) is 0 Å². The number of halogens is 2. The summed E-state index contributed by atoms with van der Waals surface area (Å²) in [6.45, 7) is 6.59. The SMILES string of the molecule is CCCCCCC(C)(CC)CCC=C(F)F. The zero-order valence-electron chi connectivity index (χ0n) is 11.0. The number of rotatable bonds is 9. The first kappa shape index (κ1) is 15.6. The molecule has 0 aliphatic heterocycles. The highest BCUT2D eigenvalue weighted by atomic mass is 19.3. The molecule has 0 amide bonds. The first-order valence-corrected chi connectivity index (χ1v) is 6.55. The van der Waals surface area contributed by atoms with Gasteiger partial charge in [0, 0.05) is 0 Å². The minimum Gasteiger partial charge on any atom is -0.174 e. The fraction of sp³-hybridized carbons (Fsp3) is 0.857. The Morgan fingerprint density at radius 2 is 1.75 bits per heavy atom. The maximum atomic E-state index is 11.9. The molecule has 0 fully saturated rings. The van der Waals surface area contributed by atoms with Crippen molar-refractivity contribution in [3.8, 4) is 0 Å². The molecule has 2 heteroatoms. The van der Waals surface area contributed by atoms with Gasteiger partial charge in [-0.2, -0.15) is 8.78 Å². The van der Waals surface area contributed by atoms with Crippen molar-refractivity contribution >= 4 is 0 Å². The van der Waals surface area contributed by atoms with Gasteiger partial charge < -0.3 is 0 Å². The summed E-state index contributed by atoms with van der Waals surface area (Å²) < 4.78 is 23.9. The van der Waals surface area contributed by atoms with Crippen LogP contribution in [-0.2, 0) is 0 Å². The molecule has 0 nitrogen and oxygen atoms in total. The standard InChI is InChI=1S/C14H26F2/c1-4-6-7-8-11-14(3,5-2)12-9-10-13(15)16/h10H,4-9,11-12H2,1-3H3. The average molecular weight is 232 g/mol. The lowest BCUT2D eigenvalue weighted by Crippen LogP contribution is -2.14. The van der Waals surface area contributed by atoms with E-state index in [0.717, 1.165) is 18.9 Å². The lowest BCUT2D eigenvalue weighted by Gasteiger charge is -2.27. The summed E-state index contributed by atoms with van der Waals surface area (Å²) in [5.41, 5.74) is 0.250. The molecule has 16 heavy (non-hydrogen) atoms. The lowest BCUT2D eigenvalue weighted by molar-refractivity contribution is 0.251. The normalized spacial score (nSPS) is 14.6. The molecule has 0 heterocycles. The molecule has 0 radical (unpaired) electrons. The van der Waals surface area contributed by atoms with E-state index in [1.165, 1.54) is 32.1 Å². The van der Waals surface area contributed by atoms with E-state index in [9.17, 15) is 8.78 Å². The van der Waals surface area contributed by atoms with Crippen LogP contribution >= 0.6 is 0 Å². The highest BCUT2D eigenvalue weighted by Crippen LogP contribution is 2.34. The van der Waals surface area contributed by atoms with Crippen molar-refractivity contribution in [2.75, 3.05) is 0 Å². The van der Waals surface area contributed by atoms with Gasteiger partial charge in [-0.3, -0.25) is 0 Å². The average Bonchev–Trinajstić information content (AvgIpc) is 2.24. The summed E-state index contributed by atoms with van der Waals surface area (Å²) in [6.07, 6.45) is 8.22. The van der Waals surface area contributed by atoms with Gasteiger partial charge in [0.1, 0.15) is 0 Å². The fourth-order valence-corrected chi connectivity index (χ4v) is 1.99. The van der Waals surface area contributed by atoms with E-state index in [-0.39, 0.29) is 5.41 Å². The Balaban J connectivity index is 3.86. The van der Waals surface area contributed by atoms with Crippen LogP contribution in [0.1, 0.15) is 72.1 Å². The number of hydrogen-bond donors (Lipinski definition) is 0. The molecule has 0 aromatic heterocycles. The second-order valence-electron chi connectivity index (χ2n) is 5.01. The molecule has 0 aliphatic carbocycles. The van der Waals surface area contributed by atoms with Crippen molar-refractivity contribution in [1.82, 2.24) is 0 Å². The Hall–Kier alpha value is -0.400. The van der Waals surface area contributed by atoms with Crippen LogP contribution in [-0.4, -0.2) is 0 Å². The molecule has 0 rings (SSSR count). The van der Waals surface area contributed by atoms with Gasteiger partial charge in [-0.25, -0.2) is 0 Å². The first-order chi connectivity index (χ1) is 7.54. The third-order valence-electron chi connectivity index (χ3n) is 3.53. The molecular formula is C14H26F2. The smallest absolute Gasteiger partial charge is 0.174 e. The third-order valence-corrected chi connectivity index (χ3v) is 3.53. The molecular weight excluding hydrogens is 206 g/mol. The molecule has 0 bridgehead atoms. The molecule has 0 saturated carbocycles. The number of unbranched alkanes of at least 4 members (excludes halogenated alkanes) is 3. The van der Waals surface area contributed by atoms with Gasteiger partial charge in [0.25, 0.3) is 6.08 Å². The Kier molecular flexibility index (Phi) is 8.50. The van der Waals surface area contributed by atoms with E-state index in [2.05, 4.69) is 20.8 Å². The Morgan fingerprint density at radius 1 is 1.06 bits per heavy atom. The van der Waals surface area contributed by atoms with E-state index >= 15 is 0 Å². The Morgan fingerprint density at radius 3 is 2.25 bits per heavy atom. The summed E-state index contributed by atoms with van der Waals surface area (Å²) in [5.74, 6) is 0. The summed E-state index contributed by atoms with van der Waals surface area (Å²) in [6, 6.07) is 0. The van der Waals surface area contributed by atoms with Crippen LogP contribution in [0.15, 0.2) is 12.2 Å². The molecule has 0 aliphatic rings. The van der Waals surface area contributed by atoms with Gasteiger partial charge in [0.05, 0.1) is 0 Å². The Bertz CT molecular complexity index is 195. The molecule has 1 atom stereocenters. The van der Waals surface area contributed by atoms with Crippen molar-refractivity contribution in [3.63, 3.8) is 0 Å². The fourth-order valence-electron chi connectivity index (χ4n) is 1.99. The minimum atomic E-state index is -1.54. The quantitative estimate of drug-likeness (QED) is 0.432. The van der Waals surface area contributed by atoms with Crippen LogP contribution < -0.4 is 0 Å². The molecule has 0 aromatic rings. The lowest BCUT2D eigenvalue weighted by atomic mass is 9.78. The molecule has 1 unspecified atom stereocenters. The van der Waals surface area contributed by atoms with Crippen LogP contribution in [0.2, 0.25) is 0 Å². The second kappa shape index (κ2) is 8.72. The molecule has 96 valence electrons. The van der Waals surface area contributed by atoms with Gasteiger partial charge in [0.15, 0.2) is 0 Å². The third kappa shape index (κ3) is 7.84. The van der Waals surface area contributed by atoms with Crippen molar-refractivity contribution in [1.29, 1.82) is 0 Å². The van der Waals surface area contributed by atoms with E-state index in [1.54, 1.807) is 0 Å². The van der Waals surface area contributed by atoms with Gasteiger partial charge in [-0.15, -0.1) is 0 Å². The summed E-state index contributed by atoms with van der Waals surface area (Å²) >= 11 is 0. The molecule has 0 saturated heterocycles. The van der Waals surface area contributed by atoms with E-state index in [4.69, 9.17) is 0 Å². The van der Waals surface area contributed by atoms with Crippen molar-refractivity contribution < 1.29 is 8.78 Å². The predicted molar refractivity (Wildman–Crippen MR) is 66.7 cm³/mol. The zero-order valence-corrected chi connectivity index (χ0v) is 11.0. The van der Waals surface area contributed by atoms with E-state index < -0.39 is 6.08 Å². The number of hydrogen-bond acceptors (Lipinski definition) is 0. The van der Waals surface area contributed by atoms with Crippen LogP contribution in [0.4, 0.5) is 8.78 Å². The summed E-state index contributed by atoms with van der Waals surface area (Å²) in [7, 11) is 0. The first-order valence-electron chi connectivity index (χ1n) is 6.55. The topological polar surface area (TPSA) is 0 Å².